The predicted octanol–water partition coefficient (Wildman–Crippen LogP) is -0.378. The molecule has 0 aromatic rings. The Balaban J connectivity index is 3.60. The number of aliphatic hydroxyl groups is 1. The van der Waals surface area contributed by atoms with E-state index in [1.807, 2.05) is 18.7 Å². The molecule has 0 aromatic heterocycles. The standard InChI is InChI=1S/C8H20N2O2/c1-3-10(6-5-9)8(11)7-12-4-2/h8,11H,3-7,9H2,1-2H3. The molecule has 0 radical (unpaired) electrons. The Kier molecular flexibility index (Phi) is 7.39. The topological polar surface area (TPSA) is 58.7 Å². The summed E-state index contributed by atoms with van der Waals surface area (Å²) in [4.78, 5) is 1.88. The van der Waals surface area contributed by atoms with Crippen LogP contribution < -0.4 is 5.73 Å². The van der Waals surface area contributed by atoms with Gasteiger partial charge in [-0.25, -0.2) is 0 Å². The quantitative estimate of drug-likeness (QED) is 0.519. The highest BCUT2D eigenvalue weighted by atomic mass is 16.5. The Morgan fingerprint density at radius 3 is 2.58 bits per heavy atom. The molecule has 0 aliphatic rings. The summed E-state index contributed by atoms with van der Waals surface area (Å²) in [5.74, 6) is 0. The van der Waals surface area contributed by atoms with Crippen LogP contribution in [0.3, 0.4) is 0 Å². The van der Waals surface area contributed by atoms with Crippen LogP contribution in [0.25, 0.3) is 0 Å². The molecule has 4 nitrogen and oxygen atoms in total. The molecule has 0 saturated heterocycles. The first-order chi connectivity index (χ1) is 5.76. The van der Waals surface area contributed by atoms with Crippen molar-refractivity contribution in [1.29, 1.82) is 0 Å². The largest absolute Gasteiger partial charge is 0.378 e. The average Bonchev–Trinajstić information content (AvgIpc) is 2.10. The summed E-state index contributed by atoms with van der Waals surface area (Å²) < 4.78 is 5.09. The first-order valence-electron chi connectivity index (χ1n) is 4.46. The molecule has 0 bridgehead atoms. The van der Waals surface area contributed by atoms with Crippen molar-refractivity contribution in [2.45, 2.75) is 20.1 Å². The van der Waals surface area contributed by atoms with Gasteiger partial charge in [-0.2, -0.15) is 0 Å². The molecule has 1 unspecified atom stereocenters. The third kappa shape index (κ3) is 4.66. The Bertz CT molecular complexity index is 101. The molecule has 3 N–H and O–H groups in total. The minimum Gasteiger partial charge on any atom is -0.378 e. The van der Waals surface area contributed by atoms with E-state index >= 15 is 0 Å². The van der Waals surface area contributed by atoms with Crippen LogP contribution >= 0.6 is 0 Å². The number of aliphatic hydroxyl groups excluding tert-OH is 1. The van der Waals surface area contributed by atoms with Gasteiger partial charge in [0.25, 0.3) is 0 Å². The molecule has 0 rings (SSSR count). The number of rotatable bonds is 7. The molecule has 12 heavy (non-hydrogen) atoms. The third-order valence-corrected chi connectivity index (χ3v) is 1.72. The molecule has 0 heterocycles. The number of nitrogens with two attached hydrogens (primary N) is 1. The molecule has 0 aliphatic carbocycles. The normalized spacial score (nSPS) is 13.8. The lowest BCUT2D eigenvalue weighted by Gasteiger charge is -2.25. The minimum atomic E-state index is -0.515. The van der Waals surface area contributed by atoms with Crippen LogP contribution in [0.2, 0.25) is 0 Å². The van der Waals surface area contributed by atoms with Crippen LogP contribution in [0.4, 0.5) is 0 Å². The van der Waals surface area contributed by atoms with Crippen molar-refractivity contribution >= 4 is 0 Å². The van der Waals surface area contributed by atoms with E-state index in [-0.39, 0.29) is 0 Å². The van der Waals surface area contributed by atoms with E-state index in [2.05, 4.69) is 0 Å². The second-order valence-electron chi connectivity index (χ2n) is 2.56. The summed E-state index contributed by atoms with van der Waals surface area (Å²) in [7, 11) is 0. The molecule has 74 valence electrons. The first kappa shape index (κ1) is 11.8. The Morgan fingerprint density at radius 2 is 2.17 bits per heavy atom. The maximum Gasteiger partial charge on any atom is 0.131 e. The molecule has 0 amide bonds. The van der Waals surface area contributed by atoms with Crippen LogP contribution in [0.15, 0.2) is 0 Å². The maximum atomic E-state index is 9.52. The Hall–Kier alpha value is -0.160. The van der Waals surface area contributed by atoms with Crippen LogP contribution in [-0.2, 0) is 4.74 Å². The van der Waals surface area contributed by atoms with Gasteiger partial charge in [-0.05, 0) is 13.5 Å². The van der Waals surface area contributed by atoms with Gasteiger partial charge in [-0.15, -0.1) is 0 Å². The van der Waals surface area contributed by atoms with Crippen LogP contribution in [-0.4, -0.2) is 49.1 Å². The molecule has 0 aliphatic heterocycles. The molecular formula is C8H20N2O2. The molecule has 1 atom stereocenters. The van der Waals surface area contributed by atoms with Gasteiger partial charge in [0.1, 0.15) is 6.23 Å². The summed E-state index contributed by atoms with van der Waals surface area (Å²) in [6.45, 7) is 6.98. The van der Waals surface area contributed by atoms with E-state index in [4.69, 9.17) is 10.5 Å². The molecule has 0 saturated carbocycles. The zero-order chi connectivity index (χ0) is 9.40. The number of likely N-dealkylation sites (N-methyl/N-ethyl adjacent to an activating group) is 1. The molecule has 0 fully saturated rings. The Morgan fingerprint density at radius 1 is 1.50 bits per heavy atom. The van der Waals surface area contributed by atoms with Crippen molar-refractivity contribution in [1.82, 2.24) is 4.90 Å². The second kappa shape index (κ2) is 7.49. The third-order valence-electron chi connectivity index (χ3n) is 1.72. The number of nitrogens with zero attached hydrogens (tertiary/aromatic N) is 1. The highest BCUT2D eigenvalue weighted by molar-refractivity contribution is 4.59. The average molecular weight is 176 g/mol. The van der Waals surface area contributed by atoms with E-state index in [1.165, 1.54) is 0 Å². The molecule has 0 spiro atoms. The lowest BCUT2D eigenvalue weighted by atomic mass is 10.4. The van der Waals surface area contributed by atoms with Crippen molar-refractivity contribution in [2.24, 2.45) is 5.73 Å². The fourth-order valence-electron chi connectivity index (χ4n) is 1.01. The highest BCUT2D eigenvalue weighted by Gasteiger charge is 2.11. The van der Waals surface area contributed by atoms with Crippen molar-refractivity contribution in [2.75, 3.05) is 32.8 Å². The summed E-state index contributed by atoms with van der Waals surface area (Å²) in [6.07, 6.45) is -0.515. The van der Waals surface area contributed by atoms with Gasteiger partial charge in [0.2, 0.25) is 0 Å². The number of ether oxygens (including phenoxy) is 1. The molecule has 4 heteroatoms. The van der Waals surface area contributed by atoms with Crippen LogP contribution in [0.1, 0.15) is 13.8 Å². The highest BCUT2D eigenvalue weighted by Crippen LogP contribution is 1.95. The Labute approximate surface area is 74.3 Å². The summed E-state index contributed by atoms with van der Waals surface area (Å²) in [5, 5.41) is 9.52. The van der Waals surface area contributed by atoms with Gasteiger partial charge < -0.3 is 15.6 Å². The summed E-state index contributed by atoms with van der Waals surface area (Å²) >= 11 is 0. The second-order valence-corrected chi connectivity index (χ2v) is 2.56. The molecular weight excluding hydrogens is 156 g/mol. The van der Waals surface area contributed by atoms with E-state index in [1.54, 1.807) is 0 Å². The SMILES string of the molecule is CCOCC(O)N(CC)CCN. The molecule has 0 aromatic carbocycles. The minimum absolute atomic E-state index is 0.365. The monoisotopic (exact) mass is 176 g/mol. The maximum absolute atomic E-state index is 9.52. The van der Waals surface area contributed by atoms with E-state index < -0.39 is 6.23 Å². The predicted molar refractivity (Wildman–Crippen MR) is 48.8 cm³/mol. The van der Waals surface area contributed by atoms with Gasteiger partial charge in [0, 0.05) is 19.7 Å². The van der Waals surface area contributed by atoms with Crippen LogP contribution in [0, 0.1) is 0 Å². The zero-order valence-electron chi connectivity index (χ0n) is 7.99. The fraction of sp³-hybridized carbons (Fsp3) is 1.00. The van der Waals surface area contributed by atoms with Crippen molar-refractivity contribution in [3.8, 4) is 0 Å². The van der Waals surface area contributed by atoms with Gasteiger partial charge in [0.15, 0.2) is 0 Å². The van der Waals surface area contributed by atoms with Gasteiger partial charge in [-0.1, -0.05) is 6.92 Å². The van der Waals surface area contributed by atoms with Crippen molar-refractivity contribution in [3.05, 3.63) is 0 Å². The van der Waals surface area contributed by atoms with E-state index in [0.717, 1.165) is 6.54 Å². The van der Waals surface area contributed by atoms with Gasteiger partial charge >= 0.3 is 0 Å². The summed E-state index contributed by atoms with van der Waals surface area (Å²) in [6, 6.07) is 0. The number of hydrogen-bond donors (Lipinski definition) is 2. The van der Waals surface area contributed by atoms with Crippen molar-refractivity contribution in [3.63, 3.8) is 0 Å². The number of hydrogen-bond acceptors (Lipinski definition) is 4. The van der Waals surface area contributed by atoms with Gasteiger partial charge in [0.05, 0.1) is 6.61 Å². The zero-order valence-corrected chi connectivity index (χ0v) is 7.99. The lowest BCUT2D eigenvalue weighted by molar-refractivity contribution is -0.0527. The smallest absolute Gasteiger partial charge is 0.131 e. The summed E-state index contributed by atoms with van der Waals surface area (Å²) in [5.41, 5.74) is 5.38. The van der Waals surface area contributed by atoms with E-state index in [9.17, 15) is 5.11 Å². The van der Waals surface area contributed by atoms with Crippen LogP contribution in [0.5, 0.6) is 0 Å². The van der Waals surface area contributed by atoms with E-state index in [0.29, 0.717) is 26.3 Å². The fourth-order valence-corrected chi connectivity index (χ4v) is 1.01. The van der Waals surface area contributed by atoms with Crippen molar-refractivity contribution < 1.29 is 9.84 Å². The van der Waals surface area contributed by atoms with Gasteiger partial charge in [-0.3, -0.25) is 4.90 Å². The first-order valence-corrected chi connectivity index (χ1v) is 4.46. The lowest BCUT2D eigenvalue weighted by Crippen LogP contribution is -2.41.